The van der Waals surface area contributed by atoms with Gasteiger partial charge in [-0.3, -0.25) is 9.59 Å². The third-order valence-electron chi connectivity index (χ3n) is 6.13. The van der Waals surface area contributed by atoms with Crippen molar-refractivity contribution >= 4 is 40.5 Å². The van der Waals surface area contributed by atoms with Crippen molar-refractivity contribution in [2.45, 2.75) is 64.8 Å². The number of fused-ring (bicyclic) bond motifs is 1. The highest BCUT2D eigenvalue weighted by molar-refractivity contribution is 6.30. The molecular weight excluding hydrogens is 486 g/mol. The molecular formula is C30H34ClN3O3. The maximum atomic E-state index is 13.7. The van der Waals surface area contributed by atoms with Gasteiger partial charge in [0.1, 0.15) is 11.3 Å². The summed E-state index contributed by atoms with van der Waals surface area (Å²) in [6.07, 6.45) is 1.78. The summed E-state index contributed by atoms with van der Waals surface area (Å²) in [5.41, 5.74) is 2.85. The molecule has 1 unspecified atom stereocenters. The van der Waals surface area contributed by atoms with E-state index >= 15 is 0 Å². The summed E-state index contributed by atoms with van der Waals surface area (Å²) in [4.78, 5) is 28.1. The van der Waals surface area contributed by atoms with E-state index in [2.05, 4.69) is 17.6 Å². The molecule has 1 aliphatic rings. The Balaban J connectivity index is 1.64. The zero-order valence-corrected chi connectivity index (χ0v) is 22.6. The summed E-state index contributed by atoms with van der Waals surface area (Å²) in [5.74, 6) is -0.391. The second kappa shape index (κ2) is 10.9. The highest BCUT2D eigenvalue weighted by Gasteiger charge is 2.39. The van der Waals surface area contributed by atoms with Crippen LogP contribution >= 0.6 is 11.6 Å². The van der Waals surface area contributed by atoms with Crippen LogP contribution in [0.25, 0.3) is 0 Å². The number of nitrogens with zero attached hydrogens (tertiary/aromatic N) is 1. The van der Waals surface area contributed by atoms with Crippen LogP contribution < -0.4 is 15.5 Å². The van der Waals surface area contributed by atoms with Gasteiger partial charge >= 0.3 is 5.97 Å². The third kappa shape index (κ3) is 6.63. The number of carbonyl (C=O) groups excluding carboxylic acids is 2. The summed E-state index contributed by atoms with van der Waals surface area (Å²) in [5, 5.41) is 7.64. The average Bonchev–Trinajstić information content (AvgIpc) is 3.19. The molecule has 2 N–H and O–H groups in total. The number of hydrogen-bond acceptors (Lipinski definition) is 5. The van der Waals surface area contributed by atoms with Gasteiger partial charge in [0, 0.05) is 16.3 Å². The highest BCUT2D eigenvalue weighted by atomic mass is 35.5. The minimum absolute atomic E-state index is 0.125. The number of esters is 1. The minimum atomic E-state index is -0.650. The molecule has 3 aromatic carbocycles. The first-order valence-corrected chi connectivity index (χ1v) is 13.0. The maximum absolute atomic E-state index is 13.7. The van der Waals surface area contributed by atoms with Crippen molar-refractivity contribution in [2.75, 3.05) is 15.5 Å². The van der Waals surface area contributed by atoms with Crippen molar-refractivity contribution in [1.29, 1.82) is 0 Å². The molecule has 4 rings (SSSR count). The summed E-state index contributed by atoms with van der Waals surface area (Å²) in [7, 11) is 0. The van der Waals surface area contributed by atoms with E-state index in [0.717, 1.165) is 35.5 Å². The Morgan fingerprint density at radius 3 is 2.27 bits per heavy atom. The topological polar surface area (TPSA) is 70.7 Å². The second-order valence-corrected chi connectivity index (χ2v) is 10.9. The number of carbonyl (C=O) groups is 2. The molecule has 1 atom stereocenters. The van der Waals surface area contributed by atoms with E-state index in [4.69, 9.17) is 16.3 Å². The quantitative estimate of drug-likeness (QED) is 0.307. The van der Waals surface area contributed by atoms with Crippen LogP contribution in [0.5, 0.6) is 0 Å². The van der Waals surface area contributed by atoms with Gasteiger partial charge in [-0.15, -0.1) is 0 Å². The fourth-order valence-electron chi connectivity index (χ4n) is 4.61. The molecule has 0 saturated heterocycles. The molecule has 0 spiro atoms. The van der Waals surface area contributed by atoms with Gasteiger partial charge in [0.25, 0.3) is 5.91 Å². The largest absolute Gasteiger partial charge is 0.460 e. The van der Waals surface area contributed by atoms with Crippen molar-refractivity contribution in [1.82, 2.24) is 0 Å². The summed E-state index contributed by atoms with van der Waals surface area (Å²) < 4.78 is 5.61. The Morgan fingerprint density at radius 2 is 1.62 bits per heavy atom. The van der Waals surface area contributed by atoms with Gasteiger partial charge in [0.05, 0.1) is 24.3 Å². The molecule has 194 valence electrons. The number of benzene rings is 3. The minimum Gasteiger partial charge on any atom is -0.460 e. The first-order valence-electron chi connectivity index (χ1n) is 12.6. The average molecular weight is 520 g/mol. The lowest BCUT2D eigenvalue weighted by Gasteiger charge is -2.31. The molecule has 6 nitrogen and oxygen atoms in total. The third-order valence-corrected chi connectivity index (χ3v) is 6.38. The van der Waals surface area contributed by atoms with E-state index in [1.807, 2.05) is 69.3 Å². The fourth-order valence-corrected chi connectivity index (χ4v) is 4.73. The molecule has 0 saturated carbocycles. The van der Waals surface area contributed by atoms with Gasteiger partial charge in [-0.1, -0.05) is 55.3 Å². The predicted octanol–water partition coefficient (Wildman–Crippen LogP) is 7.25. The molecule has 1 aliphatic heterocycles. The van der Waals surface area contributed by atoms with Crippen LogP contribution in [0.15, 0.2) is 72.8 Å². The molecule has 7 heteroatoms. The number of rotatable bonds is 8. The van der Waals surface area contributed by atoms with Gasteiger partial charge in [-0.25, -0.2) is 0 Å². The lowest BCUT2D eigenvalue weighted by molar-refractivity contribution is -0.155. The van der Waals surface area contributed by atoms with Crippen molar-refractivity contribution in [3.63, 3.8) is 0 Å². The van der Waals surface area contributed by atoms with Crippen molar-refractivity contribution < 1.29 is 14.3 Å². The molecule has 0 radical (unpaired) electrons. The highest BCUT2D eigenvalue weighted by Crippen LogP contribution is 2.41. The lowest BCUT2D eigenvalue weighted by atomic mass is 10.0. The number of nitrogens with one attached hydrogen (secondary N) is 2. The Hall–Kier alpha value is -3.51. The molecule has 0 bridgehead atoms. The van der Waals surface area contributed by atoms with Gasteiger partial charge in [-0.2, -0.15) is 0 Å². The van der Waals surface area contributed by atoms with Gasteiger partial charge in [0.2, 0.25) is 0 Å². The van der Waals surface area contributed by atoms with Gasteiger partial charge < -0.3 is 20.3 Å². The molecule has 0 fully saturated rings. The van der Waals surface area contributed by atoms with Crippen LogP contribution in [-0.2, 0) is 16.1 Å². The number of halogens is 1. The first-order chi connectivity index (χ1) is 17.6. The van der Waals surface area contributed by atoms with E-state index in [0.29, 0.717) is 17.1 Å². The number of ether oxygens (including phenoxy) is 1. The molecule has 37 heavy (non-hydrogen) atoms. The Kier molecular flexibility index (Phi) is 7.79. The summed E-state index contributed by atoms with van der Waals surface area (Å²) in [6.45, 7) is 8.10. The van der Waals surface area contributed by atoms with Crippen LogP contribution in [0.3, 0.4) is 0 Å². The van der Waals surface area contributed by atoms with E-state index in [-0.39, 0.29) is 18.3 Å². The van der Waals surface area contributed by atoms with Crippen LogP contribution in [0, 0.1) is 0 Å². The zero-order chi connectivity index (χ0) is 26.6. The van der Waals surface area contributed by atoms with Crippen molar-refractivity contribution in [3.05, 3.63) is 88.9 Å². The van der Waals surface area contributed by atoms with Crippen LogP contribution in [0.1, 0.15) is 62.9 Å². The molecule has 0 aliphatic carbocycles. The second-order valence-electron chi connectivity index (χ2n) is 10.5. The summed E-state index contributed by atoms with van der Waals surface area (Å²) >= 11 is 6.06. The van der Waals surface area contributed by atoms with E-state index in [1.165, 1.54) is 0 Å². The van der Waals surface area contributed by atoms with Crippen LogP contribution in [0.4, 0.5) is 17.1 Å². The van der Waals surface area contributed by atoms with E-state index < -0.39 is 11.3 Å². The number of hydrogen-bond donors (Lipinski definition) is 2. The fraction of sp³-hybridized carbons (Fsp3) is 0.333. The Morgan fingerprint density at radius 1 is 0.946 bits per heavy atom. The van der Waals surface area contributed by atoms with Crippen molar-refractivity contribution in [2.24, 2.45) is 0 Å². The standard InChI is InChI=1S/C30H34ClN3O3/c1-5-17-30(19-27(35)37-29(2,3)4)32-25-16-15-24(18-26(25)33-30)34(20-21-9-7-6-8-10-21)28(36)22-11-13-23(31)14-12-22/h6-16,18,32-33H,5,17,19-20H2,1-4H3. The zero-order valence-electron chi connectivity index (χ0n) is 21.8. The smallest absolute Gasteiger partial charge is 0.310 e. The summed E-state index contributed by atoms with van der Waals surface area (Å²) in [6, 6.07) is 22.7. The van der Waals surface area contributed by atoms with Crippen LogP contribution in [0.2, 0.25) is 5.02 Å². The molecule has 1 heterocycles. The molecule has 1 amide bonds. The van der Waals surface area contributed by atoms with E-state index in [1.54, 1.807) is 29.2 Å². The number of anilines is 3. The monoisotopic (exact) mass is 519 g/mol. The van der Waals surface area contributed by atoms with Gasteiger partial charge in [-0.05, 0) is 75.2 Å². The SMILES string of the molecule is CCCC1(CC(=O)OC(C)(C)C)Nc2ccc(N(Cc3ccccc3)C(=O)c3ccc(Cl)cc3)cc2N1. The molecule has 3 aromatic rings. The predicted molar refractivity (Wildman–Crippen MR) is 150 cm³/mol. The lowest BCUT2D eigenvalue weighted by Crippen LogP contribution is -2.45. The number of amides is 1. The Bertz CT molecular complexity index is 1260. The van der Waals surface area contributed by atoms with Gasteiger partial charge in [0.15, 0.2) is 0 Å². The van der Waals surface area contributed by atoms with E-state index in [9.17, 15) is 9.59 Å². The molecule has 0 aromatic heterocycles. The normalized spacial score (nSPS) is 16.4. The van der Waals surface area contributed by atoms with Crippen LogP contribution in [-0.4, -0.2) is 23.1 Å². The van der Waals surface area contributed by atoms with Crippen molar-refractivity contribution in [3.8, 4) is 0 Å². The maximum Gasteiger partial charge on any atom is 0.310 e. The first kappa shape index (κ1) is 26.6. The Labute approximate surface area is 224 Å².